The molecule has 0 saturated carbocycles. The summed E-state index contributed by atoms with van der Waals surface area (Å²) in [6.45, 7) is 11.2. The topological polar surface area (TPSA) is 63.8 Å². The normalized spacial score (nSPS) is 13.2. The van der Waals surface area contributed by atoms with Gasteiger partial charge in [-0.2, -0.15) is 0 Å². The van der Waals surface area contributed by atoms with Crippen molar-refractivity contribution in [2.45, 2.75) is 46.6 Å². The molecule has 0 saturated heterocycles. The average Bonchev–Trinajstić information content (AvgIpc) is 2.24. The van der Waals surface area contributed by atoms with Crippen LogP contribution in [0.25, 0.3) is 0 Å². The van der Waals surface area contributed by atoms with Crippen LogP contribution in [-0.2, 0) is 0 Å². The molecule has 1 heterocycles. The van der Waals surface area contributed by atoms with Gasteiger partial charge in [0.05, 0.1) is 0 Å². The van der Waals surface area contributed by atoms with Crippen molar-refractivity contribution in [2.24, 2.45) is 11.7 Å². The van der Waals surface area contributed by atoms with Crippen LogP contribution in [0, 0.1) is 12.8 Å². The van der Waals surface area contributed by atoms with Gasteiger partial charge in [-0.15, -0.1) is 0 Å². The van der Waals surface area contributed by atoms with Gasteiger partial charge in [-0.05, 0) is 12.8 Å². The third-order valence-corrected chi connectivity index (χ3v) is 2.76. The second-order valence-electron chi connectivity index (χ2n) is 5.20. The molecule has 1 aromatic rings. The molecule has 0 fully saturated rings. The molecule has 0 aromatic carbocycles. The predicted octanol–water partition coefficient (Wildman–Crippen LogP) is 2.30. The summed E-state index contributed by atoms with van der Waals surface area (Å²) in [4.78, 5) is 8.90. The van der Waals surface area contributed by atoms with Crippen LogP contribution in [0.5, 0.6) is 0 Å². The Balaban J connectivity index is 2.71. The second-order valence-corrected chi connectivity index (χ2v) is 5.20. The summed E-state index contributed by atoms with van der Waals surface area (Å²) >= 11 is 0. The van der Waals surface area contributed by atoms with Crippen LogP contribution in [0.1, 0.15) is 45.1 Å². The second kappa shape index (κ2) is 5.96. The molecule has 0 bridgehead atoms. The number of aryl methyl sites for hydroxylation is 1. The van der Waals surface area contributed by atoms with E-state index in [-0.39, 0.29) is 6.04 Å². The van der Waals surface area contributed by atoms with E-state index < -0.39 is 0 Å². The Morgan fingerprint density at radius 3 is 2.41 bits per heavy atom. The number of anilines is 1. The van der Waals surface area contributed by atoms with Crippen LogP contribution < -0.4 is 11.1 Å². The fraction of sp³-hybridized carbons (Fsp3) is 0.692. The molecule has 4 nitrogen and oxygen atoms in total. The largest absolute Gasteiger partial charge is 0.368 e. The van der Waals surface area contributed by atoms with Gasteiger partial charge in [0.15, 0.2) is 0 Å². The number of hydrogen-bond acceptors (Lipinski definition) is 4. The van der Waals surface area contributed by atoms with E-state index in [1.807, 2.05) is 13.0 Å². The van der Waals surface area contributed by atoms with Gasteiger partial charge in [0.2, 0.25) is 0 Å². The third-order valence-electron chi connectivity index (χ3n) is 2.76. The minimum atomic E-state index is 0.146. The third kappa shape index (κ3) is 4.30. The monoisotopic (exact) mass is 236 g/mol. The molecule has 0 aliphatic rings. The van der Waals surface area contributed by atoms with E-state index >= 15 is 0 Å². The molecule has 1 unspecified atom stereocenters. The highest BCUT2D eigenvalue weighted by Crippen LogP contribution is 2.13. The van der Waals surface area contributed by atoms with Crippen LogP contribution >= 0.6 is 0 Å². The highest BCUT2D eigenvalue weighted by molar-refractivity contribution is 5.36. The molecule has 17 heavy (non-hydrogen) atoms. The number of hydrogen-bond donors (Lipinski definition) is 2. The molecule has 0 aliphatic carbocycles. The van der Waals surface area contributed by atoms with Crippen LogP contribution in [0.4, 0.5) is 5.82 Å². The van der Waals surface area contributed by atoms with Crippen molar-refractivity contribution in [1.82, 2.24) is 9.97 Å². The van der Waals surface area contributed by atoms with Gasteiger partial charge in [-0.25, -0.2) is 9.97 Å². The summed E-state index contributed by atoms with van der Waals surface area (Å²) in [5, 5.41) is 3.29. The van der Waals surface area contributed by atoms with Crippen molar-refractivity contribution < 1.29 is 0 Å². The molecule has 1 rings (SSSR count). The number of rotatable bonds is 5. The molecule has 0 radical (unpaired) electrons. The Labute approximate surface area is 104 Å². The highest BCUT2D eigenvalue weighted by Gasteiger charge is 2.09. The zero-order valence-electron chi connectivity index (χ0n) is 11.5. The van der Waals surface area contributed by atoms with Crippen LogP contribution in [0.2, 0.25) is 0 Å². The van der Waals surface area contributed by atoms with E-state index in [2.05, 4.69) is 43.0 Å². The van der Waals surface area contributed by atoms with E-state index in [4.69, 9.17) is 5.73 Å². The van der Waals surface area contributed by atoms with E-state index in [0.29, 0.717) is 11.8 Å². The van der Waals surface area contributed by atoms with Gasteiger partial charge < -0.3 is 11.1 Å². The van der Waals surface area contributed by atoms with Crippen molar-refractivity contribution in [3.05, 3.63) is 17.6 Å². The first kappa shape index (κ1) is 13.9. The maximum absolute atomic E-state index is 5.99. The van der Waals surface area contributed by atoms with Crippen molar-refractivity contribution in [3.8, 4) is 0 Å². The van der Waals surface area contributed by atoms with Gasteiger partial charge in [0.25, 0.3) is 0 Å². The molecule has 1 aromatic heterocycles. The Bertz CT molecular complexity index is 360. The zero-order chi connectivity index (χ0) is 13.0. The average molecular weight is 236 g/mol. The molecule has 0 spiro atoms. The van der Waals surface area contributed by atoms with Crippen molar-refractivity contribution >= 4 is 5.82 Å². The molecule has 1 atom stereocenters. The Hall–Kier alpha value is -1.16. The molecular weight excluding hydrogens is 212 g/mol. The first-order valence-corrected chi connectivity index (χ1v) is 6.25. The summed E-state index contributed by atoms with van der Waals surface area (Å²) in [5.74, 6) is 2.56. The first-order valence-electron chi connectivity index (χ1n) is 6.25. The van der Waals surface area contributed by atoms with Crippen LogP contribution in [-0.4, -0.2) is 22.6 Å². The predicted molar refractivity (Wildman–Crippen MR) is 72.2 cm³/mol. The maximum Gasteiger partial charge on any atom is 0.133 e. The van der Waals surface area contributed by atoms with E-state index in [1.165, 1.54) is 0 Å². The lowest BCUT2D eigenvalue weighted by molar-refractivity contribution is 0.511. The number of nitrogens with one attached hydrogen (secondary N) is 1. The van der Waals surface area contributed by atoms with Gasteiger partial charge >= 0.3 is 0 Å². The van der Waals surface area contributed by atoms with Crippen molar-refractivity contribution in [3.63, 3.8) is 0 Å². The van der Waals surface area contributed by atoms with Crippen molar-refractivity contribution in [2.75, 3.05) is 11.9 Å². The number of nitrogens with zero attached hydrogens (tertiary/aromatic N) is 2. The number of nitrogens with two attached hydrogens (primary N) is 1. The fourth-order valence-electron chi connectivity index (χ4n) is 1.40. The summed E-state index contributed by atoms with van der Waals surface area (Å²) in [6, 6.07) is 2.10. The number of aromatic nitrogens is 2. The minimum Gasteiger partial charge on any atom is -0.368 e. The van der Waals surface area contributed by atoms with Crippen LogP contribution in [0.15, 0.2) is 6.07 Å². The van der Waals surface area contributed by atoms with Crippen LogP contribution in [0.3, 0.4) is 0 Å². The lowest BCUT2D eigenvalue weighted by atomic mass is 10.1. The molecule has 4 heteroatoms. The molecule has 96 valence electrons. The summed E-state index contributed by atoms with van der Waals surface area (Å²) in [7, 11) is 0. The Morgan fingerprint density at radius 2 is 1.88 bits per heavy atom. The Kier molecular flexibility index (Phi) is 4.87. The fourth-order valence-corrected chi connectivity index (χ4v) is 1.40. The maximum atomic E-state index is 5.99. The SMILES string of the molecule is Cc1cc(NCC(N)C(C)C)nc(C(C)C)n1. The minimum absolute atomic E-state index is 0.146. The Morgan fingerprint density at radius 1 is 1.24 bits per heavy atom. The molecule has 3 N–H and O–H groups in total. The van der Waals surface area contributed by atoms with E-state index in [1.54, 1.807) is 0 Å². The van der Waals surface area contributed by atoms with Gasteiger partial charge in [0.1, 0.15) is 11.6 Å². The summed E-state index contributed by atoms with van der Waals surface area (Å²) in [6.07, 6.45) is 0. The van der Waals surface area contributed by atoms with Gasteiger partial charge in [0, 0.05) is 30.3 Å². The smallest absolute Gasteiger partial charge is 0.133 e. The van der Waals surface area contributed by atoms with Crippen molar-refractivity contribution in [1.29, 1.82) is 0 Å². The standard InChI is InChI=1S/C13H24N4/c1-8(2)11(14)7-15-12-6-10(5)16-13(17-12)9(3)4/h6,8-9,11H,7,14H2,1-5H3,(H,15,16,17). The molecule has 0 aliphatic heterocycles. The lowest BCUT2D eigenvalue weighted by Gasteiger charge is -2.17. The quantitative estimate of drug-likeness (QED) is 0.823. The van der Waals surface area contributed by atoms with E-state index in [0.717, 1.165) is 23.9 Å². The first-order chi connectivity index (χ1) is 7.90. The highest BCUT2D eigenvalue weighted by atomic mass is 15.0. The summed E-state index contributed by atoms with van der Waals surface area (Å²) < 4.78 is 0. The van der Waals surface area contributed by atoms with Gasteiger partial charge in [-0.1, -0.05) is 27.7 Å². The van der Waals surface area contributed by atoms with Gasteiger partial charge in [-0.3, -0.25) is 0 Å². The van der Waals surface area contributed by atoms with E-state index in [9.17, 15) is 0 Å². The molecular formula is C13H24N4. The molecule has 0 amide bonds. The lowest BCUT2D eigenvalue weighted by Crippen LogP contribution is -2.34. The zero-order valence-corrected chi connectivity index (χ0v) is 11.5. The summed E-state index contributed by atoms with van der Waals surface area (Å²) in [5.41, 5.74) is 6.98.